The monoisotopic (exact) mass is 222 g/mol. The molecule has 1 rings (SSSR count). The van der Waals surface area contributed by atoms with E-state index in [0.717, 1.165) is 24.2 Å². The standard InChI is InChI=1S/C13H22N2O/c1-4-11(5-2)12(16)9-15-13-10(3)7-6-8-14-13/h6-8,11-12,16H,4-5,9H2,1-3H3,(H,14,15). The highest BCUT2D eigenvalue weighted by molar-refractivity contribution is 5.42. The Morgan fingerprint density at radius 2 is 2.06 bits per heavy atom. The Morgan fingerprint density at radius 1 is 1.38 bits per heavy atom. The number of anilines is 1. The van der Waals surface area contributed by atoms with E-state index in [2.05, 4.69) is 24.1 Å². The van der Waals surface area contributed by atoms with Gasteiger partial charge in [0.2, 0.25) is 0 Å². The summed E-state index contributed by atoms with van der Waals surface area (Å²) in [6.07, 6.45) is 3.50. The van der Waals surface area contributed by atoms with Crippen molar-refractivity contribution in [1.29, 1.82) is 0 Å². The Kier molecular flexibility index (Phi) is 5.26. The van der Waals surface area contributed by atoms with Gasteiger partial charge in [-0.1, -0.05) is 32.8 Å². The van der Waals surface area contributed by atoms with Gasteiger partial charge in [0.15, 0.2) is 0 Å². The quantitative estimate of drug-likeness (QED) is 0.777. The second kappa shape index (κ2) is 6.48. The van der Waals surface area contributed by atoms with Gasteiger partial charge in [0.05, 0.1) is 6.10 Å². The number of nitrogens with one attached hydrogen (secondary N) is 1. The molecule has 0 bridgehead atoms. The third-order valence-corrected chi connectivity index (χ3v) is 3.08. The molecule has 0 saturated carbocycles. The van der Waals surface area contributed by atoms with E-state index in [9.17, 15) is 5.11 Å². The van der Waals surface area contributed by atoms with Crippen LogP contribution >= 0.6 is 0 Å². The van der Waals surface area contributed by atoms with E-state index in [-0.39, 0.29) is 6.10 Å². The summed E-state index contributed by atoms with van der Waals surface area (Å²) in [7, 11) is 0. The number of pyridine rings is 1. The number of aromatic nitrogens is 1. The summed E-state index contributed by atoms with van der Waals surface area (Å²) in [5.74, 6) is 1.24. The number of aliphatic hydroxyl groups excluding tert-OH is 1. The van der Waals surface area contributed by atoms with Gasteiger partial charge in [-0.3, -0.25) is 0 Å². The van der Waals surface area contributed by atoms with Crippen LogP contribution in [0.5, 0.6) is 0 Å². The third kappa shape index (κ3) is 3.49. The highest BCUT2D eigenvalue weighted by atomic mass is 16.3. The molecule has 2 N–H and O–H groups in total. The second-order valence-corrected chi connectivity index (χ2v) is 4.19. The minimum Gasteiger partial charge on any atom is -0.391 e. The molecule has 0 amide bonds. The predicted octanol–water partition coefficient (Wildman–Crippen LogP) is 2.60. The SMILES string of the molecule is CCC(CC)C(O)CNc1ncccc1C. The fraction of sp³-hybridized carbons (Fsp3) is 0.615. The van der Waals surface area contributed by atoms with Gasteiger partial charge in [0.1, 0.15) is 5.82 Å². The predicted molar refractivity (Wildman–Crippen MR) is 67.5 cm³/mol. The maximum atomic E-state index is 9.97. The van der Waals surface area contributed by atoms with Crippen molar-refractivity contribution in [3.63, 3.8) is 0 Å². The molecule has 0 aromatic carbocycles. The van der Waals surface area contributed by atoms with Crippen LogP contribution in [-0.4, -0.2) is 22.7 Å². The lowest BCUT2D eigenvalue weighted by Crippen LogP contribution is -2.28. The normalized spacial score (nSPS) is 12.8. The number of aliphatic hydroxyl groups is 1. The molecule has 0 radical (unpaired) electrons. The van der Waals surface area contributed by atoms with Crippen LogP contribution in [0.2, 0.25) is 0 Å². The zero-order valence-electron chi connectivity index (χ0n) is 10.4. The van der Waals surface area contributed by atoms with E-state index in [1.807, 2.05) is 19.1 Å². The minimum atomic E-state index is -0.295. The molecular weight excluding hydrogens is 200 g/mol. The van der Waals surface area contributed by atoms with Crippen LogP contribution in [0.1, 0.15) is 32.3 Å². The first-order chi connectivity index (χ1) is 7.69. The number of hydrogen-bond donors (Lipinski definition) is 2. The van der Waals surface area contributed by atoms with Crippen LogP contribution in [-0.2, 0) is 0 Å². The number of rotatable bonds is 6. The average Bonchev–Trinajstić information content (AvgIpc) is 2.29. The van der Waals surface area contributed by atoms with Gasteiger partial charge in [-0.05, 0) is 24.5 Å². The molecule has 90 valence electrons. The highest BCUT2D eigenvalue weighted by Crippen LogP contribution is 2.15. The van der Waals surface area contributed by atoms with E-state index in [4.69, 9.17) is 0 Å². The van der Waals surface area contributed by atoms with Crippen LogP contribution < -0.4 is 5.32 Å². The number of aryl methyl sites for hydroxylation is 1. The molecule has 0 aliphatic rings. The molecule has 1 heterocycles. The van der Waals surface area contributed by atoms with E-state index >= 15 is 0 Å². The molecule has 0 fully saturated rings. The van der Waals surface area contributed by atoms with E-state index in [1.165, 1.54) is 0 Å². The van der Waals surface area contributed by atoms with Gasteiger partial charge in [-0.25, -0.2) is 4.98 Å². The van der Waals surface area contributed by atoms with Gasteiger partial charge >= 0.3 is 0 Å². The summed E-state index contributed by atoms with van der Waals surface area (Å²) < 4.78 is 0. The molecule has 0 saturated heterocycles. The summed E-state index contributed by atoms with van der Waals surface area (Å²) in [6, 6.07) is 3.93. The molecule has 0 spiro atoms. The Balaban J connectivity index is 2.48. The molecule has 0 aliphatic carbocycles. The van der Waals surface area contributed by atoms with Gasteiger partial charge in [-0.15, -0.1) is 0 Å². The Bertz CT molecular complexity index is 311. The van der Waals surface area contributed by atoms with E-state index in [0.29, 0.717) is 12.5 Å². The Labute approximate surface area is 97.9 Å². The van der Waals surface area contributed by atoms with Crippen molar-refractivity contribution in [2.45, 2.75) is 39.7 Å². The van der Waals surface area contributed by atoms with Crippen molar-refractivity contribution < 1.29 is 5.11 Å². The zero-order chi connectivity index (χ0) is 12.0. The lowest BCUT2D eigenvalue weighted by atomic mass is 9.96. The zero-order valence-corrected chi connectivity index (χ0v) is 10.4. The number of hydrogen-bond acceptors (Lipinski definition) is 3. The summed E-state index contributed by atoms with van der Waals surface area (Å²) in [6.45, 7) is 6.82. The Hall–Kier alpha value is -1.09. The first-order valence-electron chi connectivity index (χ1n) is 6.02. The van der Waals surface area contributed by atoms with E-state index in [1.54, 1.807) is 6.20 Å². The largest absolute Gasteiger partial charge is 0.391 e. The van der Waals surface area contributed by atoms with Crippen LogP contribution in [0.15, 0.2) is 18.3 Å². The van der Waals surface area contributed by atoms with Crippen molar-refractivity contribution >= 4 is 5.82 Å². The minimum absolute atomic E-state index is 0.295. The summed E-state index contributed by atoms with van der Waals surface area (Å²) in [4.78, 5) is 4.24. The average molecular weight is 222 g/mol. The van der Waals surface area contributed by atoms with Crippen molar-refractivity contribution in [2.24, 2.45) is 5.92 Å². The highest BCUT2D eigenvalue weighted by Gasteiger charge is 2.15. The lowest BCUT2D eigenvalue weighted by Gasteiger charge is -2.20. The van der Waals surface area contributed by atoms with Crippen molar-refractivity contribution in [2.75, 3.05) is 11.9 Å². The fourth-order valence-electron chi connectivity index (χ4n) is 1.87. The van der Waals surface area contributed by atoms with Gasteiger partial charge < -0.3 is 10.4 Å². The molecule has 1 unspecified atom stereocenters. The van der Waals surface area contributed by atoms with Crippen molar-refractivity contribution in [1.82, 2.24) is 4.98 Å². The number of nitrogens with zero attached hydrogens (tertiary/aromatic N) is 1. The molecule has 16 heavy (non-hydrogen) atoms. The summed E-state index contributed by atoms with van der Waals surface area (Å²) in [5, 5.41) is 13.2. The van der Waals surface area contributed by atoms with Crippen LogP contribution in [0.4, 0.5) is 5.82 Å². The van der Waals surface area contributed by atoms with Crippen LogP contribution in [0.3, 0.4) is 0 Å². The molecule has 3 heteroatoms. The molecule has 1 aromatic rings. The molecule has 1 atom stereocenters. The summed E-state index contributed by atoms with van der Waals surface area (Å²) >= 11 is 0. The first-order valence-corrected chi connectivity index (χ1v) is 6.02. The Morgan fingerprint density at radius 3 is 2.62 bits per heavy atom. The van der Waals surface area contributed by atoms with Crippen molar-refractivity contribution in [3.8, 4) is 0 Å². The maximum Gasteiger partial charge on any atom is 0.128 e. The fourth-order valence-corrected chi connectivity index (χ4v) is 1.87. The molecule has 1 aromatic heterocycles. The van der Waals surface area contributed by atoms with Gasteiger partial charge in [0, 0.05) is 12.7 Å². The third-order valence-electron chi connectivity index (χ3n) is 3.08. The van der Waals surface area contributed by atoms with Gasteiger partial charge in [0.25, 0.3) is 0 Å². The second-order valence-electron chi connectivity index (χ2n) is 4.19. The molecule has 3 nitrogen and oxygen atoms in total. The smallest absolute Gasteiger partial charge is 0.128 e. The van der Waals surface area contributed by atoms with Crippen molar-refractivity contribution in [3.05, 3.63) is 23.9 Å². The molecular formula is C13H22N2O. The summed E-state index contributed by atoms with van der Waals surface area (Å²) in [5.41, 5.74) is 1.11. The lowest BCUT2D eigenvalue weighted by molar-refractivity contribution is 0.114. The maximum absolute atomic E-state index is 9.97. The molecule has 0 aliphatic heterocycles. The van der Waals surface area contributed by atoms with Crippen LogP contribution in [0, 0.1) is 12.8 Å². The first kappa shape index (κ1) is 13.0. The van der Waals surface area contributed by atoms with Crippen LogP contribution in [0.25, 0.3) is 0 Å². The van der Waals surface area contributed by atoms with Gasteiger partial charge in [-0.2, -0.15) is 0 Å². The topological polar surface area (TPSA) is 45.1 Å². The van der Waals surface area contributed by atoms with E-state index < -0.39 is 0 Å².